The van der Waals surface area contributed by atoms with Gasteiger partial charge in [0.25, 0.3) is 0 Å². The molecular weight excluding hydrogens is 234 g/mol. The van der Waals surface area contributed by atoms with Crippen molar-refractivity contribution in [3.63, 3.8) is 0 Å². The summed E-state index contributed by atoms with van der Waals surface area (Å²) in [6.07, 6.45) is 3.05. The van der Waals surface area contributed by atoms with Crippen molar-refractivity contribution < 1.29 is 9.90 Å². The first kappa shape index (κ1) is 12.0. The molecule has 1 aromatic carbocycles. The third-order valence-electron chi connectivity index (χ3n) is 2.76. The molecular formula is C13H15NO2S. The quantitative estimate of drug-likeness (QED) is 0.828. The van der Waals surface area contributed by atoms with Gasteiger partial charge in [-0.3, -0.25) is 0 Å². The fraction of sp³-hybridized carbons (Fsp3) is 0.308. The average molecular weight is 249 g/mol. The van der Waals surface area contributed by atoms with Gasteiger partial charge in [-0.25, -0.2) is 4.79 Å². The smallest absolute Gasteiger partial charge is 0.352 e. The molecule has 1 N–H and O–H groups in total. The zero-order valence-corrected chi connectivity index (χ0v) is 10.5. The van der Waals surface area contributed by atoms with E-state index in [1.54, 1.807) is 17.8 Å². The molecule has 3 nitrogen and oxygen atoms in total. The van der Waals surface area contributed by atoms with E-state index >= 15 is 0 Å². The predicted molar refractivity (Wildman–Crippen MR) is 71.9 cm³/mol. The highest BCUT2D eigenvalue weighted by Gasteiger charge is 2.13. The number of carbonyl (C=O) groups is 1. The number of aryl methyl sites for hydroxylation is 1. The van der Waals surface area contributed by atoms with E-state index in [0.29, 0.717) is 5.69 Å². The lowest BCUT2D eigenvalue weighted by Gasteiger charge is -2.07. The van der Waals surface area contributed by atoms with Crippen molar-refractivity contribution in [3.05, 3.63) is 36.0 Å². The second kappa shape index (κ2) is 5.27. The molecule has 0 aliphatic heterocycles. The predicted octanol–water partition coefficient (Wildman–Crippen LogP) is 3.09. The molecule has 4 heteroatoms. The van der Waals surface area contributed by atoms with E-state index in [2.05, 4.69) is 6.26 Å². The summed E-state index contributed by atoms with van der Waals surface area (Å²) in [7, 11) is 0. The van der Waals surface area contributed by atoms with Crippen molar-refractivity contribution in [1.29, 1.82) is 0 Å². The summed E-state index contributed by atoms with van der Waals surface area (Å²) in [4.78, 5) is 11.2. The zero-order valence-electron chi connectivity index (χ0n) is 9.72. The molecule has 0 spiro atoms. The average Bonchev–Trinajstić information content (AvgIpc) is 2.69. The number of benzene rings is 1. The number of fused-ring (bicyclic) bond motifs is 1. The molecule has 0 atom stereocenters. The van der Waals surface area contributed by atoms with Crippen LogP contribution in [-0.2, 0) is 6.54 Å². The molecule has 17 heavy (non-hydrogen) atoms. The maximum absolute atomic E-state index is 11.2. The summed E-state index contributed by atoms with van der Waals surface area (Å²) in [5.41, 5.74) is 1.39. The number of nitrogens with zero attached hydrogens (tertiary/aromatic N) is 1. The Morgan fingerprint density at radius 3 is 2.88 bits per heavy atom. The standard InChI is InChI=1S/C13H15NO2S/c1-17-8-4-7-14-11-6-3-2-5-10(11)9-12(14)13(15)16/h2-3,5-6,9H,4,7-8H2,1H3,(H,15,16). The van der Waals surface area contributed by atoms with E-state index in [1.807, 2.05) is 28.8 Å². The Hall–Kier alpha value is -1.42. The van der Waals surface area contributed by atoms with Crippen LogP contribution in [0.25, 0.3) is 10.9 Å². The van der Waals surface area contributed by atoms with Crippen LogP contribution in [0.4, 0.5) is 0 Å². The Balaban J connectivity index is 2.41. The monoisotopic (exact) mass is 249 g/mol. The Kier molecular flexibility index (Phi) is 3.74. The van der Waals surface area contributed by atoms with Gasteiger partial charge in [0.1, 0.15) is 5.69 Å². The minimum Gasteiger partial charge on any atom is -0.477 e. The van der Waals surface area contributed by atoms with Crippen molar-refractivity contribution in [2.45, 2.75) is 13.0 Å². The number of rotatable bonds is 5. The minimum absolute atomic E-state index is 0.382. The summed E-state index contributed by atoms with van der Waals surface area (Å²) in [6, 6.07) is 9.55. The molecule has 0 saturated carbocycles. The molecule has 0 saturated heterocycles. The van der Waals surface area contributed by atoms with Crippen molar-refractivity contribution in [2.24, 2.45) is 0 Å². The molecule has 0 fully saturated rings. The van der Waals surface area contributed by atoms with Gasteiger partial charge in [0.2, 0.25) is 0 Å². The molecule has 0 aliphatic rings. The van der Waals surface area contributed by atoms with Gasteiger partial charge in [0, 0.05) is 17.4 Å². The van der Waals surface area contributed by atoms with Crippen LogP contribution >= 0.6 is 11.8 Å². The number of aromatic carboxylic acids is 1. The molecule has 2 rings (SSSR count). The summed E-state index contributed by atoms with van der Waals surface area (Å²) in [5, 5.41) is 10.2. The van der Waals surface area contributed by atoms with Crippen molar-refractivity contribution >= 4 is 28.6 Å². The largest absolute Gasteiger partial charge is 0.477 e. The van der Waals surface area contributed by atoms with Gasteiger partial charge in [-0.2, -0.15) is 11.8 Å². The van der Waals surface area contributed by atoms with E-state index in [1.165, 1.54) is 0 Å². The lowest BCUT2D eigenvalue weighted by Crippen LogP contribution is -2.08. The first-order valence-electron chi connectivity index (χ1n) is 5.54. The Morgan fingerprint density at radius 2 is 2.18 bits per heavy atom. The number of thioether (sulfide) groups is 1. The summed E-state index contributed by atoms with van der Waals surface area (Å²) in [6.45, 7) is 0.760. The first-order valence-corrected chi connectivity index (χ1v) is 6.94. The molecule has 0 bridgehead atoms. The van der Waals surface area contributed by atoms with Gasteiger partial charge in [-0.05, 0) is 30.6 Å². The second-order valence-electron chi connectivity index (χ2n) is 3.89. The SMILES string of the molecule is CSCCCn1c(C(=O)O)cc2ccccc21. The molecule has 1 aromatic heterocycles. The normalized spacial score (nSPS) is 10.9. The fourth-order valence-electron chi connectivity index (χ4n) is 2.00. The molecule has 0 aliphatic carbocycles. The van der Waals surface area contributed by atoms with Crippen LogP contribution in [0.2, 0.25) is 0 Å². The maximum atomic E-state index is 11.2. The highest BCUT2D eigenvalue weighted by atomic mass is 32.2. The Bertz CT molecular complexity index is 533. The molecule has 2 aromatic rings. The number of aromatic nitrogens is 1. The van der Waals surface area contributed by atoms with Crippen LogP contribution in [-0.4, -0.2) is 27.7 Å². The van der Waals surface area contributed by atoms with Crippen LogP contribution in [0.5, 0.6) is 0 Å². The van der Waals surface area contributed by atoms with Gasteiger partial charge < -0.3 is 9.67 Å². The highest BCUT2D eigenvalue weighted by Crippen LogP contribution is 2.20. The van der Waals surface area contributed by atoms with Gasteiger partial charge in [-0.1, -0.05) is 18.2 Å². The van der Waals surface area contributed by atoms with Crippen molar-refractivity contribution in [2.75, 3.05) is 12.0 Å². The third-order valence-corrected chi connectivity index (χ3v) is 3.46. The molecule has 1 heterocycles. The highest BCUT2D eigenvalue weighted by molar-refractivity contribution is 7.98. The first-order chi connectivity index (χ1) is 8.24. The van der Waals surface area contributed by atoms with Crippen molar-refractivity contribution in [1.82, 2.24) is 4.57 Å². The van der Waals surface area contributed by atoms with Gasteiger partial charge in [0.05, 0.1) is 0 Å². The van der Waals surface area contributed by atoms with Crippen LogP contribution in [0, 0.1) is 0 Å². The van der Waals surface area contributed by atoms with Crippen LogP contribution in [0.15, 0.2) is 30.3 Å². The topological polar surface area (TPSA) is 42.2 Å². The lowest BCUT2D eigenvalue weighted by atomic mass is 10.2. The van der Waals surface area contributed by atoms with Gasteiger partial charge >= 0.3 is 5.97 Å². The Labute approximate surface area is 104 Å². The van der Waals surface area contributed by atoms with E-state index in [-0.39, 0.29) is 0 Å². The number of carboxylic acids is 1. The van der Waals surface area contributed by atoms with Gasteiger partial charge in [0.15, 0.2) is 0 Å². The number of hydrogen-bond donors (Lipinski definition) is 1. The molecule has 0 unspecified atom stereocenters. The second-order valence-corrected chi connectivity index (χ2v) is 4.88. The van der Waals surface area contributed by atoms with E-state index in [0.717, 1.165) is 29.6 Å². The summed E-state index contributed by atoms with van der Waals surface area (Å²) < 4.78 is 1.90. The fourth-order valence-corrected chi connectivity index (χ4v) is 2.41. The number of para-hydroxylation sites is 1. The summed E-state index contributed by atoms with van der Waals surface area (Å²) in [5.74, 6) is 0.191. The molecule has 0 radical (unpaired) electrons. The third kappa shape index (κ3) is 2.47. The van der Waals surface area contributed by atoms with Crippen LogP contribution < -0.4 is 0 Å². The Morgan fingerprint density at radius 1 is 1.41 bits per heavy atom. The number of carboxylic acid groups (broad SMARTS) is 1. The molecule has 0 amide bonds. The van der Waals surface area contributed by atoms with E-state index in [9.17, 15) is 9.90 Å². The van der Waals surface area contributed by atoms with Crippen LogP contribution in [0.3, 0.4) is 0 Å². The maximum Gasteiger partial charge on any atom is 0.352 e. The summed E-state index contributed by atoms with van der Waals surface area (Å²) >= 11 is 1.78. The van der Waals surface area contributed by atoms with Gasteiger partial charge in [-0.15, -0.1) is 0 Å². The number of hydrogen-bond acceptors (Lipinski definition) is 2. The zero-order chi connectivity index (χ0) is 12.3. The van der Waals surface area contributed by atoms with Crippen LogP contribution in [0.1, 0.15) is 16.9 Å². The lowest BCUT2D eigenvalue weighted by molar-refractivity contribution is 0.0685. The molecule has 90 valence electrons. The van der Waals surface area contributed by atoms with E-state index < -0.39 is 5.97 Å². The minimum atomic E-state index is -0.856. The van der Waals surface area contributed by atoms with Crippen molar-refractivity contribution in [3.8, 4) is 0 Å². The van der Waals surface area contributed by atoms with E-state index in [4.69, 9.17) is 0 Å².